The quantitative estimate of drug-likeness (QED) is 0.634. The molecule has 0 aliphatic carbocycles. The first kappa shape index (κ1) is 16.6. The average molecular weight is 364 g/mol. The fourth-order valence-electron chi connectivity index (χ4n) is 2.80. The SMILES string of the molecule is NC1=NN=C(CN2C(=O)c3ccccc3C2=O)/C1=N/Nc1cccc(F)c1. The van der Waals surface area contributed by atoms with Crippen molar-refractivity contribution in [1.29, 1.82) is 0 Å². The Labute approximate surface area is 152 Å². The van der Waals surface area contributed by atoms with Crippen LogP contribution < -0.4 is 11.2 Å². The van der Waals surface area contributed by atoms with E-state index in [4.69, 9.17) is 5.73 Å². The zero-order valence-electron chi connectivity index (χ0n) is 13.9. The van der Waals surface area contributed by atoms with Gasteiger partial charge < -0.3 is 5.73 Å². The highest BCUT2D eigenvalue weighted by Gasteiger charge is 2.37. The third kappa shape index (κ3) is 2.95. The maximum atomic E-state index is 13.3. The van der Waals surface area contributed by atoms with E-state index in [-0.39, 0.29) is 23.8 Å². The minimum Gasteiger partial charge on any atom is -0.380 e. The van der Waals surface area contributed by atoms with Crippen molar-refractivity contribution in [3.8, 4) is 0 Å². The standard InChI is InChI=1S/C18H13FN6O2/c19-10-4-3-5-11(8-10)21-23-15-14(22-24-16(15)20)9-25-17(26)12-6-1-2-7-13(12)18(25)27/h1-8,21H,9H2,(H2,20,23,24). The molecule has 2 aliphatic heterocycles. The van der Waals surface area contributed by atoms with Gasteiger partial charge in [-0.2, -0.15) is 5.10 Å². The number of carbonyl (C=O) groups excluding carboxylic acids is 2. The summed E-state index contributed by atoms with van der Waals surface area (Å²) in [5.74, 6) is -1.22. The fraction of sp³-hybridized carbons (Fsp3) is 0.0556. The summed E-state index contributed by atoms with van der Waals surface area (Å²) in [7, 11) is 0. The van der Waals surface area contributed by atoms with Gasteiger partial charge in [0.05, 0.1) is 23.4 Å². The zero-order valence-corrected chi connectivity index (χ0v) is 13.9. The predicted octanol–water partition coefficient (Wildman–Crippen LogP) is 1.62. The monoisotopic (exact) mass is 364 g/mol. The van der Waals surface area contributed by atoms with E-state index in [1.165, 1.54) is 18.2 Å². The van der Waals surface area contributed by atoms with E-state index in [0.717, 1.165) is 4.90 Å². The fourth-order valence-corrected chi connectivity index (χ4v) is 2.80. The molecule has 0 radical (unpaired) electrons. The van der Waals surface area contributed by atoms with Gasteiger partial charge in [-0.3, -0.25) is 19.9 Å². The molecule has 0 aromatic heterocycles. The smallest absolute Gasteiger partial charge is 0.261 e. The van der Waals surface area contributed by atoms with Crippen LogP contribution in [0.1, 0.15) is 20.7 Å². The number of halogens is 1. The number of amides is 2. The predicted molar refractivity (Wildman–Crippen MR) is 98.3 cm³/mol. The van der Waals surface area contributed by atoms with Crippen molar-refractivity contribution in [3.63, 3.8) is 0 Å². The van der Waals surface area contributed by atoms with Gasteiger partial charge in [-0.05, 0) is 30.3 Å². The summed E-state index contributed by atoms with van der Waals surface area (Å²) in [4.78, 5) is 26.0. The Morgan fingerprint density at radius 3 is 2.41 bits per heavy atom. The molecule has 0 saturated carbocycles. The summed E-state index contributed by atoms with van der Waals surface area (Å²) in [6.45, 7) is -0.125. The molecular weight excluding hydrogens is 351 g/mol. The Bertz CT molecular complexity index is 1020. The highest BCUT2D eigenvalue weighted by Crippen LogP contribution is 2.22. The van der Waals surface area contributed by atoms with Crippen molar-refractivity contribution in [2.45, 2.75) is 0 Å². The van der Waals surface area contributed by atoms with Crippen LogP contribution in [-0.2, 0) is 0 Å². The number of hydrazone groups is 1. The molecule has 0 saturated heterocycles. The Morgan fingerprint density at radius 1 is 1.04 bits per heavy atom. The lowest BCUT2D eigenvalue weighted by atomic mass is 10.1. The van der Waals surface area contributed by atoms with Crippen LogP contribution in [0.15, 0.2) is 63.8 Å². The molecule has 0 bridgehead atoms. The molecule has 3 N–H and O–H groups in total. The Kier molecular flexibility index (Phi) is 3.96. The first-order valence-electron chi connectivity index (χ1n) is 8.00. The topological polar surface area (TPSA) is 113 Å². The van der Waals surface area contributed by atoms with E-state index in [9.17, 15) is 14.0 Å². The van der Waals surface area contributed by atoms with Crippen molar-refractivity contribution >= 4 is 34.8 Å². The summed E-state index contributed by atoms with van der Waals surface area (Å²) in [5.41, 5.74) is 9.99. The molecule has 0 unspecified atom stereocenters. The molecule has 27 heavy (non-hydrogen) atoms. The second-order valence-electron chi connectivity index (χ2n) is 5.86. The summed E-state index contributed by atoms with van der Waals surface area (Å²) < 4.78 is 13.3. The lowest BCUT2D eigenvalue weighted by Crippen LogP contribution is -2.40. The number of nitrogens with two attached hydrogens (primary N) is 1. The minimum atomic E-state index is -0.423. The maximum absolute atomic E-state index is 13.3. The molecule has 2 amide bonds. The molecule has 134 valence electrons. The van der Waals surface area contributed by atoms with Crippen molar-refractivity contribution in [2.75, 3.05) is 12.0 Å². The summed E-state index contributed by atoms with van der Waals surface area (Å²) in [6.07, 6.45) is 0. The number of hydrogen-bond donors (Lipinski definition) is 2. The number of nitrogens with one attached hydrogen (secondary N) is 1. The molecule has 2 aromatic carbocycles. The lowest BCUT2D eigenvalue weighted by molar-refractivity contribution is 0.0678. The van der Waals surface area contributed by atoms with E-state index in [1.54, 1.807) is 30.3 Å². The van der Waals surface area contributed by atoms with Crippen LogP contribution in [0, 0.1) is 5.82 Å². The lowest BCUT2D eigenvalue weighted by Gasteiger charge is -2.13. The van der Waals surface area contributed by atoms with Gasteiger partial charge in [-0.15, -0.1) is 10.2 Å². The number of nitrogens with zero attached hydrogens (tertiary/aromatic N) is 4. The molecule has 0 fully saturated rings. The summed E-state index contributed by atoms with van der Waals surface area (Å²) >= 11 is 0. The maximum Gasteiger partial charge on any atom is 0.261 e. The molecule has 0 spiro atoms. The molecular formula is C18H13FN6O2. The number of amidine groups is 1. The normalized spacial score (nSPS) is 17.2. The van der Waals surface area contributed by atoms with Crippen molar-refractivity contribution in [3.05, 3.63) is 65.5 Å². The van der Waals surface area contributed by atoms with Crippen LogP contribution in [0.3, 0.4) is 0 Å². The largest absolute Gasteiger partial charge is 0.380 e. The van der Waals surface area contributed by atoms with Gasteiger partial charge in [0, 0.05) is 0 Å². The second kappa shape index (κ2) is 6.45. The molecule has 4 rings (SSSR count). The second-order valence-corrected chi connectivity index (χ2v) is 5.86. The van der Waals surface area contributed by atoms with E-state index in [2.05, 4.69) is 20.7 Å². The molecule has 9 heteroatoms. The molecule has 2 aliphatic rings. The Balaban J connectivity index is 1.55. The van der Waals surface area contributed by atoms with Crippen molar-refractivity contribution in [2.24, 2.45) is 21.0 Å². The van der Waals surface area contributed by atoms with E-state index < -0.39 is 17.6 Å². The first-order chi connectivity index (χ1) is 13.0. The average Bonchev–Trinajstić information content (AvgIpc) is 3.13. The van der Waals surface area contributed by atoms with E-state index >= 15 is 0 Å². The highest BCUT2D eigenvalue weighted by molar-refractivity contribution is 6.70. The van der Waals surface area contributed by atoms with Gasteiger partial charge in [0.25, 0.3) is 11.8 Å². The van der Waals surface area contributed by atoms with Crippen LogP contribution in [0.5, 0.6) is 0 Å². The number of imide groups is 1. The number of anilines is 1. The highest BCUT2D eigenvalue weighted by atomic mass is 19.1. The first-order valence-corrected chi connectivity index (χ1v) is 8.00. The third-order valence-electron chi connectivity index (χ3n) is 4.10. The minimum absolute atomic E-state index is 0.0329. The van der Waals surface area contributed by atoms with Gasteiger partial charge in [0.15, 0.2) is 11.5 Å². The molecule has 0 atom stereocenters. The van der Waals surface area contributed by atoms with Crippen molar-refractivity contribution in [1.82, 2.24) is 4.90 Å². The van der Waals surface area contributed by atoms with E-state index in [1.807, 2.05) is 0 Å². The van der Waals surface area contributed by atoms with Crippen LogP contribution in [0.2, 0.25) is 0 Å². The van der Waals surface area contributed by atoms with Gasteiger partial charge in [-0.1, -0.05) is 18.2 Å². The van der Waals surface area contributed by atoms with Gasteiger partial charge in [0.1, 0.15) is 11.5 Å². The van der Waals surface area contributed by atoms with E-state index in [0.29, 0.717) is 16.8 Å². The Hall–Kier alpha value is -3.88. The molecule has 8 nitrogen and oxygen atoms in total. The summed E-state index contributed by atoms with van der Waals surface area (Å²) in [5, 5.41) is 11.8. The van der Waals surface area contributed by atoms with Crippen LogP contribution in [0.25, 0.3) is 0 Å². The van der Waals surface area contributed by atoms with Gasteiger partial charge in [-0.25, -0.2) is 4.39 Å². The van der Waals surface area contributed by atoms with Gasteiger partial charge in [0.2, 0.25) is 0 Å². The number of fused-ring (bicyclic) bond motifs is 1. The van der Waals surface area contributed by atoms with Crippen LogP contribution >= 0.6 is 0 Å². The van der Waals surface area contributed by atoms with Crippen LogP contribution in [0.4, 0.5) is 10.1 Å². The molecule has 2 aromatic rings. The zero-order chi connectivity index (χ0) is 19.0. The number of carbonyl (C=O) groups is 2. The third-order valence-corrected chi connectivity index (χ3v) is 4.10. The Morgan fingerprint density at radius 2 is 1.74 bits per heavy atom. The number of rotatable bonds is 4. The number of benzene rings is 2. The number of hydrogen-bond acceptors (Lipinski definition) is 7. The van der Waals surface area contributed by atoms with Crippen molar-refractivity contribution < 1.29 is 14.0 Å². The summed E-state index contributed by atoms with van der Waals surface area (Å²) in [6, 6.07) is 12.3. The molecule has 2 heterocycles. The van der Waals surface area contributed by atoms with Crippen LogP contribution in [-0.4, -0.2) is 40.5 Å². The van der Waals surface area contributed by atoms with Gasteiger partial charge >= 0.3 is 0 Å².